The van der Waals surface area contributed by atoms with Gasteiger partial charge in [0, 0.05) is 32.5 Å². The van der Waals surface area contributed by atoms with Crippen LogP contribution in [0.4, 0.5) is 0 Å². The van der Waals surface area contributed by atoms with E-state index in [0.29, 0.717) is 0 Å². The second kappa shape index (κ2) is 6.02. The van der Waals surface area contributed by atoms with E-state index in [9.17, 15) is 0 Å². The Hall–Kier alpha value is -1.33. The average Bonchev–Trinajstić information content (AvgIpc) is 2.96. The van der Waals surface area contributed by atoms with Gasteiger partial charge in [0.15, 0.2) is 0 Å². The average molecular weight is 268 g/mol. The van der Waals surface area contributed by atoms with Crippen LogP contribution in [-0.4, -0.2) is 26.1 Å². The summed E-state index contributed by atoms with van der Waals surface area (Å²) in [6, 6.07) is 1.92. The molecule has 0 bridgehead atoms. The number of rotatable bonds is 6. The Morgan fingerprint density at radius 3 is 2.89 bits per heavy atom. The van der Waals surface area contributed by atoms with Crippen molar-refractivity contribution in [1.29, 1.82) is 0 Å². The highest BCUT2D eigenvalue weighted by Crippen LogP contribution is 2.20. The van der Waals surface area contributed by atoms with E-state index >= 15 is 0 Å². The third-order valence-corrected chi connectivity index (χ3v) is 3.31. The number of hydrogen-bond donors (Lipinski definition) is 1. The lowest BCUT2D eigenvalue weighted by atomic mass is 10.3. The Morgan fingerprint density at radius 1 is 1.44 bits per heavy atom. The molecule has 0 saturated carbocycles. The Morgan fingerprint density at radius 2 is 2.28 bits per heavy atom. The van der Waals surface area contributed by atoms with Gasteiger partial charge in [0.2, 0.25) is 0 Å². The van der Waals surface area contributed by atoms with E-state index in [1.165, 1.54) is 0 Å². The SMILES string of the molecule is CCc1nn(C)c(CNCCn2cccn2)c1Cl. The lowest BCUT2D eigenvalue weighted by Gasteiger charge is -2.06. The van der Waals surface area contributed by atoms with Crippen LogP contribution in [-0.2, 0) is 26.6 Å². The van der Waals surface area contributed by atoms with Gasteiger partial charge in [0.05, 0.1) is 23.0 Å². The quantitative estimate of drug-likeness (QED) is 0.809. The molecule has 0 unspecified atom stereocenters. The first kappa shape index (κ1) is 13.1. The Balaban J connectivity index is 1.85. The first-order valence-electron chi connectivity index (χ1n) is 6.10. The molecule has 0 radical (unpaired) electrons. The van der Waals surface area contributed by atoms with Crippen molar-refractivity contribution < 1.29 is 0 Å². The van der Waals surface area contributed by atoms with Gasteiger partial charge in [-0.25, -0.2) is 0 Å². The van der Waals surface area contributed by atoms with Crippen molar-refractivity contribution in [1.82, 2.24) is 24.9 Å². The molecule has 2 rings (SSSR count). The first-order valence-corrected chi connectivity index (χ1v) is 6.48. The maximum Gasteiger partial charge on any atom is 0.0863 e. The Bertz CT molecular complexity index is 489. The minimum absolute atomic E-state index is 0.726. The van der Waals surface area contributed by atoms with Gasteiger partial charge < -0.3 is 5.32 Å². The molecule has 0 fully saturated rings. The monoisotopic (exact) mass is 267 g/mol. The Labute approximate surface area is 112 Å². The smallest absolute Gasteiger partial charge is 0.0863 e. The topological polar surface area (TPSA) is 47.7 Å². The summed E-state index contributed by atoms with van der Waals surface area (Å²) in [4.78, 5) is 0. The van der Waals surface area contributed by atoms with E-state index in [1.807, 2.05) is 28.7 Å². The van der Waals surface area contributed by atoms with Crippen LogP contribution in [0.5, 0.6) is 0 Å². The van der Waals surface area contributed by atoms with Gasteiger partial charge in [0.25, 0.3) is 0 Å². The summed E-state index contributed by atoms with van der Waals surface area (Å²) in [5, 5.41) is 12.7. The molecule has 1 N–H and O–H groups in total. The zero-order valence-corrected chi connectivity index (χ0v) is 11.5. The third kappa shape index (κ3) is 2.91. The summed E-state index contributed by atoms with van der Waals surface area (Å²) in [6.07, 6.45) is 4.60. The van der Waals surface area contributed by atoms with Crippen molar-refractivity contribution in [2.45, 2.75) is 26.4 Å². The standard InChI is InChI=1S/C12H18ClN5/c1-3-10-12(13)11(17(2)16-10)9-14-6-8-18-7-4-5-15-18/h4-5,7,14H,3,6,8-9H2,1-2H3. The number of aryl methyl sites for hydroxylation is 2. The van der Waals surface area contributed by atoms with E-state index in [0.717, 1.165) is 42.5 Å². The van der Waals surface area contributed by atoms with E-state index < -0.39 is 0 Å². The van der Waals surface area contributed by atoms with Crippen molar-refractivity contribution in [3.8, 4) is 0 Å². The van der Waals surface area contributed by atoms with Crippen molar-refractivity contribution in [2.75, 3.05) is 6.54 Å². The molecule has 0 aromatic carbocycles. The van der Waals surface area contributed by atoms with Crippen LogP contribution in [0, 0.1) is 0 Å². The van der Waals surface area contributed by atoms with E-state index in [2.05, 4.69) is 22.4 Å². The maximum atomic E-state index is 6.27. The molecular formula is C12H18ClN5. The molecule has 0 aliphatic rings. The molecule has 0 saturated heterocycles. The molecule has 6 heteroatoms. The molecule has 2 aromatic rings. The minimum atomic E-state index is 0.726. The predicted octanol–water partition coefficient (Wildman–Crippen LogP) is 1.62. The van der Waals surface area contributed by atoms with Crippen LogP contribution >= 0.6 is 11.6 Å². The van der Waals surface area contributed by atoms with Gasteiger partial charge >= 0.3 is 0 Å². The zero-order valence-electron chi connectivity index (χ0n) is 10.7. The van der Waals surface area contributed by atoms with Crippen molar-refractivity contribution >= 4 is 11.6 Å². The van der Waals surface area contributed by atoms with Crippen LogP contribution < -0.4 is 5.32 Å². The van der Waals surface area contributed by atoms with Gasteiger partial charge in [-0.05, 0) is 12.5 Å². The lowest BCUT2D eigenvalue weighted by molar-refractivity contribution is 0.541. The summed E-state index contributed by atoms with van der Waals surface area (Å²) in [5.74, 6) is 0. The zero-order chi connectivity index (χ0) is 13.0. The Kier molecular flexibility index (Phi) is 4.38. The summed E-state index contributed by atoms with van der Waals surface area (Å²) >= 11 is 6.27. The van der Waals surface area contributed by atoms with Crippen LogP contribution in [0.25, 0.3) is 0 Å². The van der Waals surface area contributed by atoms with E-state index in [4.69, 9.17) is 11.6 Å². The van der Waals surface area contributed by atoms with Gasteiger partial charge in [-0.3, -0.25) is 9.36 Å². The number of aromatic nitrogens is 4. The molecule has 0 spiro atoms. The number of halogens is 1. The maximum absolute atomic E-state index is 6.27. The predicted molar refractivity (Wildman–Crippen MR) is 71.5 cm³/mol. The second-order valence-corrected chi connectivity index (χ2v) is 4.51. The lowest BCUT2D eigenvalue weighted by Crippen LogP contribution is -2.21. The molecule has 0 atom stereocenters. The largest absolute Gasteiger partial charge is 0.309 e. The molecular weight excluding hydrogens is 250 g/mol. The van der Waals surface area contributed by atoms with E-state index in [-0.39, 0.29) is 0 Å². The summed E-state index contributed by atoms with van der Waals surface area (Å²) in [5.41, 5.74) is 2.00. The highest BCUT2D eigenvalue weighted by atomic mass is 35.5. The number of nitrogens with zero attached hydrogens (tertiary/aromatic N) is 4. The molecule has 0 aliphatic carbocycles. The number of hydrogen-bond acceptors (Lipinski definition) is 3. The minimum Gasteiger partial charge on any atom is -0.309 e. The van der Waals surface area contributed by atoms with Crippen LogP contribution in [0.1, 0.15) is 18.3 Å². The highest BCUT2D eigenvalue weighted by molar-refractivity contribution is 6.31. The fourth-order valence-electron chi connectivity index (χ4n) is 1.84. The summed E-state index contributed by atoms with van der Waals surface area (Å²) < 4.78 is 3.75. The van der Waals surface area contributed by atoms with Crippen molar-refractivity contribution in [3.63, 3.8) is 0 Å². The molecule has 18 heavy (non-hydrogen) atoms. The first-order chi connectivity index (χ1) is 8.72. The molecule has 98 valence electrons. The van der Waals surface area contributed by atoms with Gasteiger partial charge in [0.1, 0.15) is 0 Å². The number of nitrogens with one attached hydrogen (secondary N) is 1. The van der Waals surface area contributed by atoms with Crippen LogP contribution in [0.2, 0.25) is 5.02 Å². The normalized spacial score (nSPS) is 11.1. The van der Waals surface area contributed by atoms with Crippen LogP contribution in [0.15, 0.2) is 18.5 Å². The fraction of sp³-hybridized carbons (Fsp3) is 0.500. The molecule has 2 heterocycles. The molecule has 0 aliphatic heterocycles. The summed E-state index contributed by atoms with van der Waals surface area (Å²) in [7, 11) is 1.93. The summed E-state index contributed by atoms with van der Waals surface area (Å²) in [6.45, 7) is 4.49. The molecule has 0 amide bonds. The van der Waals surface area contributed by atoms with Crippen LogP contribution in [0.3, 0.4) is 0 Å². The highest BCUT2D eigenvalue weighted by Gasteiger charge is 2.11. The van der Waals surface area contributed by atoms with Crippen molar-refractivity contribution in [3.05, 3.63) is 34.9 Å². The van der Waals surface area contributed by atoms with Gasteiger partial charge in [-0.15, -0.1) is 0 Å². The second-order valence-electron chi connectivity index (χ2n) is 4.13. The molecule has 2 aromatic heterocycles. The van der Waals surface area contributed by atoms with Crippen molar-refractivity contribution in [2.24, 2.45) is 7.05 Å². The fourth-order valence-corrected chi connectivity index (χ4v) is 2.21. The van der Waals surface area contributed by atoms with E-state index in [1.54, 1.807) is 6.20 Å². The van der Waals surface area contributed by atoms with Gasteiger partial charge in [-0.2, -0.15) is 10.2 Å². The van der Waals surface area contributed by atoms with Gasteiger partial charge in [-0.1, -0.05) is 18.5 Å². The molecule has 5 nitrogen and oxygen atoms in total. The third-order valence-electron chi connectivity index (χ3n) is 2.87.